The van der Waals surface area contributed by atoms with E-state index in [1.165, 1.54) is 113 Å². The van der Waals surface area contributed by atoms with Gasteiger partial charge in [0.25, 0.3) is 0 Å². The van der Waals surface area contributed by atoms with Gasteiger partial charge in [-0.15, -0.1) is 11.3 Å². The van der Waals surface area contributed by atoms with Crippen molar-refractivity contribution in [1.82, 2.24) is 4.57 Å². The number of fused-ring (bicyclic) bond motifs is 10. The highest BCUT2D eigenvalue weighted by Gasteiger charge is 2.21. The molecular weight excluding hydrogens is 623 g/mol. The summed E-state index contributed by atoms with van der Waals surface area (Å²) in [6.45, 7) is 0. The predicted molar refractivity (Wildman–Crippen MR) is 218 cm³/mol. The van der Waals surface area contributed by atoms with Gasteiger partial charge in [0.05, 0.1) is 11.0 Å². The van der Waals surface area contributed by atoms with E-state index in [0.29, 0.717) is 0 Å². The lowest BCUT2D eigenvalue weighted by molar-refractivity contribution is 1.19. The van der Waals surface area contributed by atoms with Gasteiger partial charge in [-0.25, -0.2) is 0 Å². The number of rotatable bonds is 2. The molecule has 0 aliphatic carbocycles. The molecule has 0 radical (unpaired) electrons. The smallest absolute Gasteiger partial charge is 0.0620 e. The molecule has 0 aliphatic heterocycles. The quantitative estimate of drug-likeness (QED) is 0.164. The van der Waals surface area contributed by atoms with Crippen LogP contribution < -0.4 is 0 Å². The SMILES string of the molecule is c1ccc2cc(-n3c4ccccc4c4cc5sc6cc(-c7cc8ccccc8c8c7ccc7ccccc78)cc7ccc(c5c76)c43)ccc2c1. The number of aromatic nitrogens is 1. The van der Waals surface area contributed by atoms with E-state index in [1.807, 2.05) is 11.3 Å². The Balaban J connectivity index is 1.16. The van der Waals surface area contributed by atoms with Crippen LogP contribution >= 0.6 is 11.3 Å². The molecule has 0 spiro atoms. The fourth-order valence-corrected chi connectivity index (χ4v) is 10.1. The van der Waals surface area contributed by atoms with Crippen LogP contribution in [0.1, 0.15) is 0 Å². The van der Waals surface area contributed by atoms with Gasteiger partial charge in [0.15, 0.2) is 0 Å². The summed E-state index contributed by atoms with van der Waals surface area (Å²) in [5, 5.41) is 18.3. The van der Waals surface area contributed by atoms with Gasteiger partial charge in [0.1, 0.15) is 0 Å². The Morgan fingerprint density at radius 2 is 1.02 bits per heavy atom. The van der Waals surface area contributed by atoms with Crippen molar-refractivity contribution in [2.45, 2.75) is 0 Å². The largest absolute Gasteiger partial charge is 0.309 e. The van der Waals surface area contributed by atoms with Crippen molar-refractivity contribution in [2.75, 3.05) is 0 Å². The minimum absolute atomic E-state index is 1.20. The van der Waals surface area contributed by atoms with E-state index in [9.17, 15) is 0 Å². The summed E-state index contributed by atoms with van der Waals surface area (Å²) in [5.74, 6) is 0. The van der Waals surface area contributed by atoms with Crippen LogP contribution in [0, 0.1) is 0 Å². The normalized spacial score (nSPS) is 12.4. The molecule has 0 amide bonds. The molecule has 12 aromatic rings. The Hall–Kier alpha value is -6.22. The third kappa shape index (κ3) is 3.51. The van der Waals surface area contributed by atoms with Crippen molar-refractivity contribution in [3.8, 4) is 16.8 Å². The summed E-state index contributed by atoms with van der Waals surface area (Å²) in [6.07, 6.45) is 0. The summed E-state index contributed by atoms with van der Waals surface area (Å²) in [5.41, 5.74) is 6.29. The van der Waals surface area contributed by atoms with Crippen LogP contribution in [0.3, 0.4) is 0 Å². The average Bonchev–Trinajstić information content (AvgIpc) is 3.72. The molecule has 230 valence electrons. The minimum atomic E-state index is 1.20. The second kappa shape index (κ2) is 9.69. The maximum Gasteiger partial charge on any atom is 0.0620 e. The van der Waals surface area contributed by atoms with Crippen LogP contribution in [0.4, 0.5) is 0 Å². The monoisotopic (exact) mass is 649 g/mol. The van der Waals surface area contributed by atoms with E-state index >= 15 is 0 Å². The highest BCUT2D eigenvalue weighted by atomic mass is 32.1. The Morgan fingerprint density at radius 3 is 1.90 bits per heavy atom. The first-order chi connectivity index (χ1) is 24.8. The van der Waals surface area contributed by atoms with Crippen LogP contribution in [0.5, 0.6) is 0 Å². The molecular formula is C48H27NS. The molecule has 1 nitrogen and oxygen atoms in total. The lowest BCUT2D eigenvalue weighted by atomic mass is 9.89. The van der Waals surface area contributed by atoms with Crippen LogP contribution in [-0.4, -0.2) is 4.57 Å². The topological polar surface area (TPSA) is 4.93 Å². The second-order valence-electron chi connectivity index (χ2n) is 13.7. The highest BCUT2D eigenvalue weighted by Crippen LogP contribution is 2.48. The standard InChI is InChI=1S/C48H27NS/c1-2-11-30-24-34(20-17-28(30)9-1)49-42-16-8-7-15-37(42)41-27-44-47-39(48(41)49)22-19-32-23-33(26-43(50-44)45(32)47)40-25-31-12-4-6-14-36(31)46-35-13-5-3-10-29(35)18-21-38(40)46/h1-27H. The van der Waals surface area contributed by atoms with Gasteiger partial charge >= 0.3 is 0 Å². The van der Waals surface area contributed by atoms with E-state index in [-0.39, 0.29) is 0 Å². The summed E-state index contributed by atoms with van der Waals surface area (Å²) in [4.78, 5) is 0. The third-order valence-corrected chi connectivity index (χ3v) is 12.1. The van der Waals surface area contributed by atoms with Gasteiger partial charge < -0.3 is 4.57 Å². The van der Waals surface area contributed by atoms with E-state index in [4.69, 9.17) is 0 Å². The van der Waals surface area contributed by atoms with Gasteiger partial charge in [0.2, 0.25) is 0 Å². The van der Waals surface area contributed by atoms with E-state index in [2.05, 4.69) is 168 Å². The molecule has 12 rings (SSSR count). The van der Waals surface area contributed by atoms with Gasteiger partial charge in [-0.3, -0.25) is 0 Å². The first-order valence-electron chi connectivity index (χ1n) is 17.3. The molecule has 2 aromatic heterocycles. The molecule has 0 saturated carbocycles. The third-order valence-electron chi connectivity index (χ3n) is 11.0. The highest BCUT2D eigenvalue weighted by molar-refractivity contribution is 7.26. The zero-order chi connectivity index (χ0) is 32.5. The molecule has 0 bridgehead atoms. The first-order valence-corrected chi connectivity index (χ1v) is 18.1. The fraction of sp³-hybridized carbons (Fsp3) is 0. The molecule has 0 aliphatic rings. The summed E-state index contributed by atoms with van der Waals surface area (Å²) in [7, 11) is 0. The Bertz CT molecular complexity index is 3360. The number of hydrogen-bond donors (Lipinski definition) is 0. The summed E-state index contributed by atoms with van der Waals surface area (Å²) >= 11 is 1.93. The number of benzene rings is 10. The van der Waals surface area contributed by atoms with Gasteiger partial charge in [-0.05, 0) is 102 Å². The molecule has 0 fully saturated rings. The number of para-hydroxylation sites is 1. The van der Waals surface area contributed by atoms with Crippen molar-refractivity contribution in [3.63, 3.8) is 0 Å². The molecule has 0 saturated heterocycles. The second-order valence-corrected chi connectivity index (χ2v) is 14.8. The van der Waals surface area contributed by atoms with Crippen molar-refractivity contribution >= 4 is 107 Å². The van der Waals surface area contributed by atoms with Gasteiger partial charge in [-0.2, -0.15) is 0 Å². The zero-order valence-corrected chi connectivity index (χ0v) is 27.8. The molecule has 0 unspecified atom stereocenters. The van der Waals surface area contributed by atoms with E-state index < -0.39 is 0 Å². The van der Waals surface area contributed by atoms with Gasteiger partial charge in [0, 0.05) is 42.0 Å². The first kappa shape index (κ1) is 26.7. The fourth-order valence-electron chi connectivity index (χ4n) is 8.89. The molecule has 2 heterocycles. The zero-order valence-electron chi connectivity index (χ0n) is 26.9. The summed E-state index contributed by atoms with van der Waals surface area (Å²) in [6, 6.07) is 61.1. The lowest BCUT2D eigenvalue weighted by Crippen LogP contribution is -1.94. The predicted octanol–water partition coefficient (Wildman–Crippen LogP) is 14.0. The Labute approximate surface area is 291 Å². The number of hydrogen-bond acceptors (Lipinski definition) is 1. The van der Waals surface area contributed by atoms with Crippen molar-refractivity contribution in [3.05, 3.63) is 164 Å². The number of thiophene rings is 1. The van der Waals surface area contributed by atoms with Crippen molar-refractivity contribution in [2.24, 2.45) is 0 Å². The van der Waals surface area contributed by atoms with E-state index in [1.54, 1.807) is 0 Å². The van der Waals surface area contributed by atoms with Gasteiger partial charge in [-0.1, -0.05) is 121 Å². The molecule has 10 aromatic carbocycles. The van der Waals surface area contributed by atoms with Crippen LogP contribution in [0.2, 0.25) is 0 Å². The Morgan fingerprint density at radius 1 is 0.360 bits per heavy atom. The minimum Gasteiger partial charge on any atom is -0.309 e. The summed E-state index contributed by atoms with van der Waals surface area (Å²) < 4.78 is 5.18. The van der Waals surface area contributed by atoms with Crippen molar-refractivity contribution < 1.29 is 0 Å². The van der Waals surface area contributed by atoms with Crippen LogP contribution in [0.15, 0.2) is 164 Å². The molecule has 50 heavy (non-hydrogen) atoms. The van der Waals surface area contributed by atoms with Crippen LogP contribution in [0.25, 0.3) is 113 Å². The van der Waals surface area contributed by atoms with E-state index in [0.717, 1.165) is 0 Å². The average molecular weight is 650 g/mol. The molecule has 0 N–H and O–H groups in total. The maximum absolute atomic E-state index is 2.49. The van der Waals surface area contributed by atoms with Crippen LogP contribution in [-0.2, 0) is 0 Å². The van der Waals surface area contributed by atoms with Crippen molar-refractivity contribution in [1.29, 1.82) is 0 Å². The number of nitrogens with zero attached hydrogens (tertiary/aromatic N) is 1. The Kier molecular flexibility index (Phi) is 5.18. The molecule has 2 heteroatoms. The molecule has 0 atom stereocenters. The lowest BCUT2D eigenvalue weighted by Gasteiger charge is -2.15. The maximum atomic E-state index is 2.49.